The van der Waals surface area contributed by atoms with Crippen molar-refractivity contribution in [3.05, 3.63) is 29.3 Å². The van der Waals surface area contributed by atoms with Gasteiger partial charge in [-0.3, -0.25) is 9.59 Å². The van der Waals surface area contributed by atoms with E-state index in [0.29, 0.717) is 19.4 Å². The number of carbonyl (C=O) groups is 2. The van der Waals surface area contributed by atoms with Crippen LogP contribution in [0.1, 0.15) is 44.7 Å². The highest BCUT2D eigenvalue weighted by atomic mass is 19.4. The summed E-state index contributed by atoms with van der Waals surface area (Å²) < 4.78 is 39.1. The number of amides is 2. The largest absolute Gasteiger partial charge is 0.416 e. The lowest BCUT2D eigenvalue weighted by molar-refractivity contribution is -0.142. The summed E-state index contributed by atoms with van der Waals surface area (Å²) >= 11 is 0. The van der Waals surface area contributed by atoms with Gasteiger partial charge in [-0.1, -0.05) is 20.8 Å². The number of nitrogens with two attached hydrogens (primary N) is 1. The van der Waals surface area contributed by atoms with Gasteiger partial charge >= 0.3 is 6.18 Å². The highest BCUT2D eigenvalue weighted by molar-refractivity contribution is 5.93. The quantitative estimate of drug-likeness (QED) is 0.838. The van der Waals surface area contributed by atoms with Gasteiger partial charge in [-0.15, -0.1) is 0 Å². The molecule has 0 aliphatic carbocycles. The smallest absolute Gasteiger partial charge is 0.341 e. The van der Waals surface area contributed by atoms with Crippen LogP contribution in [0.15, 0.2) is 18.2 Å². The van der Waals surface area contributed by atoms with E-state index >= 15 is 0 Å². The maximum atomic E-state index is 13.0. The van der Waals surface area contributed by atoms with E-state index in [0.717, 1.165) is 12.1 Å². The molecule has 5 nitrogen and oxygen atoms in total. The molecule has 2 rings (SSSR count). The molecule has 1 aromatic rings. The van der Waals surface area contributed by atoms with Crippen LogP contribution in [-0.4, -0.2) is 29.8 Å². The summed E-state index contributed by atoms with van der Waals surface area (Å²) in [5.41, 5.74) is 4.42. The lowest BCUT2D eigenvalue weighted by Crippen LogP contribution is -2.47. The third-order valence-corrected chi connectivity index (χ3v) is 4.54. The van der Waals surface area contributed by atoms with Crippen LogP contribution in [0, 0.1) is 11.3 Å². The zero-order valence-electron chi connectivity index (χ0n) is 15.8. The molecule has 0 spiro atoms. The number of anilines is 1. The van der Waals surface area contributed by atoms with E-state index < -0.39 is 23.1 Å². The first-order valence-corrected chi connectivity index (χ1v) is 8.93. The topological polar surface area (TPSA) is 75.4 Å². The molecule has 0 bridgehead atoms. The molecular weight excluding hydrogens is 359 g/mol. The minimum absolute atomic E-state index is 0.0375. The van der Waals surface area contributed by atoms with Crippen LogP contribution in [0.4, 0.5) is 18.9 Å². The number of carbonyl (C=O) groups excluding carboxylic acids is 2. The Morgan fingerprint density at radius 3 is 2.44 bits per heavy atom. The standard InChI is InChI=1S/C19H26F3N3O2/c1-18(2,3)17(27)25-6-4-5-13(11-25)16(26)24-15-8-12(10-23)7-14(9-15)19(20,21)22/h7-9,13H,4-6,10-11,23H2,1-3H3,(H,24,26). The summed E-state index contributed by atoms with van der Waals surface area (Å²) in [6.45, 7) is 6.23. The first-order valence-electron chi connectivity index (χ1n) is 8.93. The molecule has 27 heavy (non-hydrogen) atoms. The molecule has 1 fully saturated rings. The third kappa shape index (κ3) is 5.45. The van der Waals surface area contributed by atoms with Crippen molar-refractivity contribution >= 4 is 17.5 Å². The summed E-state index contributed by atoms with van der Waals surface area (Å²) in [5, 5.41) is 2.56. The summed E-state index contributed by atoms with van der Waals surface area (Å²) in [6.07, 6.45) is -3.26. The Bertz CT molecular complexity index is 711. The fourth-order valence-corrected chi connectivity index (χ4v) is 3.14. The molecule has 1 aliphatic rings. The molecule has 1 saturated heterocycles. The molecular formula is C19H26F3N3O2. The van der Waals surface area contributed by atoms with Crippen LogP contribution < -0.4 is 11.1 Å². The minimum Gasteiger partial charge on any atom is -0.341 e. The normalized spacial score (nSPS) is 18.3. The van der Waals surface area contributed by atoms with Gasteiger partial charge in [0.2, 0.25) is 11.8 Å². The van der Waals surface area contributed by atoms with E-state index in [4.69, 9.17) is 5.73 Å². The monoisotopic (exact) mass is 385 g/mol. The number of likely N-dealkylation sites (tertiary alicyclic amines) is 1. The predicted molar refractivity (Wildman–Crippen MR) is 96.7 cm³/mol. The van der Waals surface area contributed by atoms with Gasteiger partial charge in [0.05, 0.1) is 11.5 Å². The molecule has 2 amide bonds. The number of nitrogens with one attached hydrogen (secondary N) is 1. The lowest BCUT2D eigenvalue weighted by atomic mass is 9.91. The van der Waals surface area contributed by atoms with Crippen LogP contribution in [0.2, 0.25) is 0 Å². The molecule has 0 radical (unpaired) electrons. The van der Waals surface area contributed by atoms with Gasteiger partial charge in [-0.05, 0) is 36.6 Å². The number of rotatable bonds is 3. The summed E-state index contributed by atoms with van der Waals surface area (Å²) in [5.74, 6) is -0.880. The van der Waals surface area contributed by atoms with Gasteiger partial charge in [0.15, 0.2) is 0 Å². The van der Waals surface area contributed by atoms with Crippen LogP contribution in [0.3, 0.4) is 0 Å². The van der Waals surface area contributed by atoms with E-state index in [2.05, 4.69) is 5.32 Å². The van der Waals surface area contributed by atoms with Crippen LogP contribution >= 0.6 is 0 Å². The van der Waals surface area contributed by atoms with Crippen LogP contribution in [0.25, 0.3) is 0 Å². The molecule has 0 aromatic heterocycles. The predicted octanol–water partition coefficient (Wildman–Crippen LogP) is 3.39. The Balaban J connectivity index is 2.14. The van der Waals surface area contributed by atoms with Gasteiger partial charge in [-0.25, -0.2) is 0 Å². The maximum absolute atomic E-state index is 13.0. The number of halogens is 3. The summed E-state index contributed by atoms with van der Waals surface area (Å²) in [4.78, 5) is 26.7. The average Bonchev–Trinajstić information content (AvgIpc) is 2.59. The van der Waals surface area contributed by atoms with Crippen LogP contribution in [0.5, 0.6) is 0 Å². The molecule has 1 aliphatic heterocycles. The molecule has 3 N–H and O–H groups in total. The second-order valence-electron chi connectivity index (χ2n) is 7.95. The maximum Gasteiger partial charge on any atom is 0.416 e. The van der Waals surface area contributed by atoms with Crippen molar-refractivity contribution in [2.24, 2.45) is 17.1 Å². The molecule has 1 heterocycles. The van der Waals surface area contributed by atoms with Crippen molar-refractivity contribution in [1.82, 2.24) is 4.90 Å². The zero-order chi connectivity index (χ0) is 20.4. The Morgan fingerprint density at radius 1 is 1.22 bits per heavy atom. The highest BCUT2D eigenvalue weighted by Crippen LogP contribution is 2.32. The number of alkyl halides is 3. The van der Waals surface area contributed by atoms with Gasteiger partial charge < -0.3 is 16.0 Å². The van der Waals surface area contributed by atoms with E-state index in [-0.39, 0.29) is 36.2 Å². The molecule has 8 heteroatoms. The number of nitrogens with zero attached hydrogens (tertiary/aromatic N) is 1. The Labute approximate surface area is 157 Å². The number of piperidine rings is 1. The number of hydrogen-bond donors (Lipinski definition) is 2. The van der Waals surface area contributed by atoms with Crippen molar-refractivity contribution < 1.29 is 22.8 Å². The van der Waals surface area contributed by atoms with Gasteiger partial charge in [-0.2, -0.15) is 13.2 Å². The fraction of sp³-hybridized carbons (Fsp3) is 0.579. The molecule has 1 aromatic carbocycles. The first-order chi connectivity index (χ1) is 12.4. The average molecular weight is 385 g/mol. The second-order valence-corrected chi connectivity index (χ2v) is 7.95. The number of hydrogen-bond acceptors (Lipinski definition) is 3. The lowest BCUT2D eigenvalue weighted by Gasteiger charge is -2.35. The Hall–Kier alpha value is -2.09. The van der Waals surface area contributed by atoms with E-state index in [1.54, 1.807) is 4.90 Å². The fourth-order valence-electron chi connectivity index (χ4n) is 3.14. The van der Waals surface area contributed by atoms with Crippen molar-refractivity contribution in [2.45, 2.75) is 46.3 Å². The Morgan fingerprint density at radius 2 is 1.89 bits per heavy atom. The molecule has 1 unspecified atom stereocenters. The van der Waals surface area contributed by atoms with Crippen molar-refractivity contribution in [3.63, 3.8) is 0 Å². The minimum atomic E-state index is -4.52. The molecule has 0 saturated carbocycles. The molecule has 150 valence electrons. The van der Waals surface area contributed by atoms with E-state index in [1.807, 2.05) is 20.8 Å². The van der Waals surface area contributed by atoms with Crippen LogP contribution in [-0.2, 0) is 22.3 Å². The highest BCUT2D eigenvalue weighted by Gasteiger charge is 2.34. The van der Waals surface area contributed by atoms with Crippen molar-refractivity contribution in [2.75, 3.05) is 18.4 Å². The third-order valence-electron chi connectivity index (χ3n) is 4.54. The zero-order valence-corrected chi connectivity index (χ0v) is 15.8. The summed E-state index contributed by atoms with van der Waals surface area (Å²) in [6, 6.07) is 3.31. The second kappa shape index (κ2) is 7.88. The van der Waals surface area contributed by atoms with Gasteiger partial charge in [0.1, 0.15) is 0 Å². The van der Waals surface area contributed by atoms with E-state index in [9.17, 15) is 22.8 Å². The van der Waals surface area contributed by atoms with Crippen molar-refractivity contribution in [1.29, 1.82) is 0 Å². The van der Waals surface area contributed by atoms with Gasteiger partial charge in [0, 0.05) is 30.7 Å². The first kappa shape index (κ1) is 21.2. The molecule has 1 atom stereocenters. The Kier molecular flexibility index (Phi) is 6.19. The SMILES string of the molecule is CC(C)(C)C(=O)N1CCCC(C(=O)Nc2cc(CN)cc(C(F)(F)F)c2)C1. The van der Waals surface area contributed by atoms with Crippen molar-refractivity contribution in [3.8, 4) is 0 Å². The summed E-state index contributed by atoms with van der Waals surface area (Å²) in [7, 11) is 0. The van der Waals surface area contributed by atoms with E-state index in [1.165, 1.54) is 6.07 Å². The van der Waals surface area contributed by atoms with Gasteiger partial charge in [0.25, 0.3) is 0 Å². The number of benzene rings is 1.